The van der Waals surface area contributed by atoms with Gasteiger partial charge < -0.3 is 10.4 Å². The fraction of sp³-hybridized carbons (Fsp3) is 0.417. The van der Waals surface area contributed by atoms with E-state index in [2.05, 4.69) is 10.3 Å². The predicted octanol–water partition coefficient (Wildman–Crippen LogP) is 2.10. The van der Waals surface area contributed by atoms with Gasteiger partial charge in [-0.1, -0.05) is 18.5 Å². The third-order valence-electron chi connectivity index (χ3n) is 2.51. The molecule has 0 spiro atoms. The SMILES string of the molecule is CC(CCC(=O)O)CNC(=O)c1cc(F)cnc1Cl. The van der Waals surface area contributed by atoms with Crippen LogP contribution < -0.4 is 5.32 Å². The molecule has 1 heterocycles. The summed E-state index contributed by atoms with van der Waals surface area (Å²) in [7, 11) is 0. The summed E-state index contributed by atoms with van der Waals surface area (Å²) in [5.41, 5.74) is -0.0351. The number of carbonyl (C=O) groups is 2. The van der Waals surface area contributed by atoms with Crippen molar-refractivity contribution in [2.45, 2.75) is 19.8 Å². The highest BCUT2D eigenvalue weighted by Crippen LogP contribution is 2.13. The van der Waals surface area contributed by atoms with Gasteiger partial charge >= 0.3 is 5.97 Å². The lowest BCUT2D eigenvalue weighted by Gasteiger charge is -2.11. The lowest BCUT2D eigenvalue weighted by atomic mass is 10.1. The number of aromatic nitrogens is 1. The number of carbonyl (C=O) groups excluding carboxylic acids is 1. The Kier molecular flexibility index (Phi) is 5.69. The zero-order chi connectivity index (χ0) is 14.4. The van der Waals surface area contributed by atoms with Crippen molar-refractivity contribution in [2.24, 2.45) is 5.92 Å². The Morgan fingerprint density at radius 3 is 2.89 bits per heavy atom. The van der Waals surface area contributed by atoms with Crippen molar-refractivity contribution in [3.63, 3.8) is 0 Å². The summed E-state index contributed by atoms with van der Waals surface area (Å²) in [4.78, 5) is 25.7. The minimum atomic E-state index is -0.879. The zero-order valence-corrected chi connectivity index (χ0v) is 11.1. The maximum Gasteiger partial charge on any atom is 0.303 e. The molecule has 0 saturated carbocycles. The van der Waals surface area contributed by atoms with Crippen LogP contribution in [-0.2, 0) is 4.79 Å². The van der Waals surface area contributed by atoms with Gasteiger partial charge in [0.2, 0.25) is 0 Å². The first-order chi connectivity index (χ1) is 8.90. The highest BCUT2D eigenvalue weighted by Gasteiger charge is 2.14. The number of carboxylic acids is 1. The number of nitrogens with zero attached hydrogens (tertiary/aromatic N) is 1. The van der Waals surface area contributed by atoms with Gasteiger partial charge in [0.05, 0.1) is 11.8 Å². The summed E-state index contributed by atoms with van der Waals surface area (Å²) in [6, 6.07) is 1.01. The standard InChI is InChI=1S/C12H14ClFN2O3/c1-7(2-3-10(17)18)5-16-12(19)9-4-8(14)6-15-11(9)13/h4,6-7H,2-3,5H2,1H3,(H,16,19)(H,17,18). The number of carboxylic acid groups (broad SMARTS) is 1. The topological polar surface area (TPSA) is 79.3 Å². The second kappa shape index (κ2) is 7.04. The fourth-order valence-corrected chi connectivity index (χ4v) is 1.61. The molecule has 1 unspecified atom stereocenters. The summed E-state index contributed by atoms with van der Waals surface area (Å²) in [6.07, 6.45) is 1.42. The van der Waals surface area contributed by atoms with Crippen LogP contribution in [0.1, 0.15) is 30.1 Å². The number of pyridine rings is 1. The third kappa shape index (κ3) is 5.21. The van der Waals surface area contributed by atoms with Crippen LogP contribution in [0.5, 0.6) is 0 Å². The molecule has 0 aromatic carbocycles. The molecule has 5 nitrogen and oxygen atoms in total. The van der Waals surface area contributed by atoms with E-state index < -0.39 is 17.7 Å². The highest BCUT2D eigenvalue weighted by molar-refractivity contribution is 6.32. The van der Waals surface area contributed by atoms with Crippen LogP contribution in [-0.4, -0.2) is 28.5 Å². The monoisotopic (exact) mass is 288 g/mol. The molecule has 1 rings (SSSR count). The van der Waals surface area contributed by atoms with E-state index in [0.29, 0.717) is 13.0 Å². The first-order valence-corrected chi connectivity index (χ1v) is 6.09. The summed E-state index contributed by atoms with van der Waals surface area (Å²) >= 11 is 5.69. The van der Waals surface area contributed by atoms with Crippen LogP contribution in [0.2, 0.25) is 5.15 Å². The fourth-order valence-electron chi connectivity index (χ4n) is 1.42. The molecule has 0 aliphatic heterocycles. The smallest absolute Gasteiger partial charge is 0.303 e. The van der Waals surface area contributed by atoms with Gasteiger partial charge in [-0.25, -0.2) is 9.37 Å². The summed E-state index contributed by atoms with van der Waals surface area (Å²) in [5.74, 6) is -2.05. The minimum Gasteiger partial charge on any atom is -0.481 e. The van der Waals surface area contributed by atoms with Gasteiger partial charge in [0.25, 0.3) is 5.91 Å². The molecule has 19 heavy (non-hydrogen) atoms. The molecule has 7 heteroatoms. The number of hydrogen-bond acceptors (Lipinski definition) is 3. The second-order valence-corrected chi connectivity index (χ2v) is 4.60. The largest absolute Gasteiger partial charge is 0.481 e. The van der Waals surface area contributed by atoms with E-state index in [-0.39, 0.29) is 23.1 Å². The molecule has 1 aromatic heterocycles. The molecular weight excluding hydrogens is 275 g/mol. The Morgan fingerprint density at radius 1 is 1.58 bits per heavy atom. The number of halogens is 2. The van der Waals surface area contributed by atoms with E-state index in [1.54, 1.807) is 0 Å². The van der Waals surface area contributed by atoms with Crippen molar-refractivity contribution in [3.05, 3.63) is 28.8 Å². The van der Waals surface area contributed by atoms with Gasteiger partial charge in [-0.05, 0) is 18.4 Å². The quantitative estimate of drug-likeness (QED) is 0.786. The van der Waals surface area contributed by atoms with Crippen molar-refractivity contribution >= 4 is 23.5 Å². The third-order valence-corrected chi connectivity index (χ3v) is 2.81. The summed E-state index contributed by atoms with van der Waals surface area (Å²) in [5, 5.41) is 11.0. The van der Waals surface area contributed by atoms with E-state index in [1.165, 1.54) is 0 Å². The van der Waals surface area contributed by atoms with Gasteiger partial charge in [-0.15, -0.1) is 0 Å². The Hall–Kier alpha value is -1.69. The highest BCUT2D eigenvalue weighted by atomic mass is 35.5. The molecule has 1 aromatic rings. The zero-order valence-electron chi connectivity index (χ0n) is 10.3. The Labute approximate surface area is 114 Å². The summed E-state index contributed by atoms with van der Waals surface area (Å²) in [6.45, 7) is 2.10. The molecule has 104 valence electrons. The molecule has 0 saturated heterocycles. The van der Waals surface area contributed by atoms with Crippen LogP contribution in [0.25, 0.3) is 0 Å². The van der Waals surface area contributed by atoms with Crippen LogP contribution in [0.3, 0.4) is 0 Å². The number of hydrogen-bond donors (Lipinski definition) is 2. The first-order valence-electron chi connectivity index (χ1n) is 5.71. The van der Waals surface area contributed by atoms with E-state index >= 15 is 0 Å². The van der Waals surface area contributed by atoms with Crippen molar-refractivity contribution in [1.29, 1.82) is 0 Å². The Balaban J connectivity index is 2.51. The van der Waals surface area contributed by atoms with Crippen LogP contribution in [0.15, 0.2) is 12.3 Å². The molecule has 0 aliphatic rings. The Morgan fingerprint density at radius 2 is 2.26 bits per heavy atom. The van der Waals surface area contributed by atoms with E-state index in [4.69, 9.17) is 16.7 Å². The van der Waals surface area contributed by atoms with Gasteiger partial charge in [-0.2, -0.15) is 0 Å². The predicted molar refractivity (Wildman–Crippen MR) is 67.6 cm³/mol. The molecular formula is C12H14ClFN2O3. The van der Waals surface area contributed by atoms with Crippen molar-refractivity contribution < 1.29 is 19.1 Å². The molecule has 1 atom stereocenters. The number of aliphatic carboxylic acids is 1. The van der Waals surface area contributed by atoms with E-state index in [1.807, 2.05) is 6.92 Å². The number of nitrogens with one attached hydrogen (secondary N) is 1. The van der Waals surface area contributed by atoms with Gasteiger partial charge in [0.15, 0.2) is 0 Å². The van der Waals surface area contributed by atoms with E-state index in [0.717, 1.165) is 12.3 Å². The van der Waals surface area contributed by atoms with Crippen molar-refractivity contribution in [3.8, 4) is 0 Å². The van der Waals surface area contributed by atoms with Crippen LogP contribution >= 0.6 is 11.6 Å². The van der Waals surface area contributed by atoms with Gasteiger partial charge in [0, 0.05) is 13.0 Å². The maximum absolute atomic E-state index is 12.9. The first kappa shape index (κ1) is 15.4. The average molecular weight is 289 g/mol. The average Bonchev–Trinajstić information content (AvgIpc) is 2.36. The van der Waals surface area contributed by atoms with Crippen molar-refractivity contribution in [2.75, 3.05) is 6.54 Å². The van der Waals surface area contributed by atoms with Crippen molar-refractivity contribution in [1.82, 2.24) is 10.3 Å². The second-order valence-electron chi connectivity index (χ2n) is 4.24. The molecule has 0 bridgehead atoms. The van der Waals surface area contributed by atoms with Gasteiger partial charge in [0.1, 0.15) is 11.0 Å². The van der Waals surface area contributed by atoms with Crippen LogP contribution in [0.4, 0.5) is 4.39 Å². The van der Waals surface area contributed by atoms with E-state index in [9.17, 15) is 14.0 Å². The molecule has 0 fully saturated rings. The van der Waals surface area contributed by atoms with Crippen LogP contribution in [0, 0.1) is 11.7 Å². The van der Waals surface area contributed by atoms with Gasteiger partial charge in [-0.3, -0.25) is 9.59 Å². The molecule has 1 amide bonds. The Bertz CT molecular complexity index is 482. The molecule has 0 aliphatic carbocycles. The number of rotatable bonds is 6. The normalized spacial score (nSPS) is 11.9. The lowest BCUT2D eigenvalue weighted by Crippen LogP contribution is -2.29. The lowest BCUT2D eigenvalue weighted by molar-refractivity contribution is -0.137. The summed E-state index contributed by atoms with van der Waals surface area (Å²) < 4.78 is 12.9. The number of amides is 1. The molecule has 2 N–H and O–H groups in total. The minimum absolute atomic E-state index is 0.000318. The molecule has 0 radical (unpaired) electrons. The maximum atomic E-state index is 12.9.